The number of ether oxygens (including phenoxy) is 1. The molecule has 1 aliphatic carbocycles. The first-order valence-corrected chi connectivity index (χ1v) is 11.6. The molecular weight excluding hydrogens is 512 g/mol. The topological polar surface area (TPSA) is 108 Å². The lowest BCUT2D eigenvalue weighted by Gasteiger charge is -2.31. The van der Waals surface area contributed by atoms with Gasteiger partial charge >= 0.3 is 18.3 Å². The van der Waals surface area contributed by atoms with E-state index < -0.39 is 60.7 Å². The molecule has 202 valence electrons. The van der Waals surface area contributed by atoms with Gasteiger partial charge in [0.25, 0.3) is 5.91 Å². The number of nitrogens with one attached hydrogen (secondary N) is 2. The van der Waals surface area contributed by atoms with Gasteiger partial charge in [0.15, 0.2) is 0 Å². The quantitative estimate of drug-likeness (QED) is 0.548. The molecular formula is C25H24F4N4O5. The van der Waals surface area contributed by atoms with Gasteiger partial charge in [0, 0.05) is 31.3 Å². The zero-order valence-corrected chi connectivity index (χ0v) is 20.4. The normalized spacial score (nSPS) is 19.3. The first-order valence-electron chi connectivity index (χ1n) is 11.6. The number of imide groups is 1. The molecule has 38 heavy (non-hydrogen) atoms. The van der Waals surface area contributed by atoms with E-state index in [0.29, 0.717) is 33.0 Å². The second kappa shape index (κ2) is 9.95. The Bertz CT molecular complexity index is 1280. The Kier molecular flexibility index (Phi) is 7.04. The van der Waals surface area contributed by atoms with Gasteiger partial charge in [-0.1, -0.05) is 18.2 Å². The SMILES string of the molecule is CNC(=O)Nc1ccc2c(c1)CCC21OC(=O)N(CC(=O)N(Cc2ccc(F)cc2)[C@@H](C)C(F)(F)F)C1=O. The van der Waals surface area contributed by atoms with E-state index in [2.05, 4.69) is 10.6 Å². The van der Waals surface area contributed by atoms with Crippen LogP contribution in [0, 0.1) is 5.82 Å². The number of urea groups is 1. The number of anilines is 1. The molecule has 2 aromatic rings. The highest BCUT2D eigenvalue weighted by molar-refractivity contribution is 6.06. The van der Waals surface area contributed by atoms with Crippen LogP contribution in [0.3, 0.4) is 0 Å². The van der Waals surface area contributed by atoms with E-state index >= 15 is 0 Å². The number of alkyl halides is 3. The van der Waals surface area contributed by atoms with Crippen LogP contribution in [0.2, 0.25) is 0 Å². The van der Waals surface area contributed by atoms with E-state index in [1.165, 1.54) is 31.3 Å². The standard InChI is InChI=1S/C25H24F4N4O5/c1-14(25(27,28)29)32(12-15-3-5-17(26)6-4-15)20(34)13-33-21(35)24(38-23(33)37)10-9-16-11-18(7-8-19(16)24)31-22(36)30-2/h3-8,11,14H,9-10,12-13H2,1-2H3,(H2,30,31,36)/t14-,24?/m0/s1. The van der Waals surface area contributed by atoms with Crippen molar-refractivity contribution in [3.63, 3.8) is 0 Å². The molecule has 2 atom stereocenters. The van der Waals surface area contributed by atoms with E-state index in [-0.39, 0.29) is 12.0 Å². The van der Waals surface area contributed by atoms with Gasteiger partial charge in [-0.05, 0) is 48.7 Å². The third-order valence-corrected chi connectivity index (χ3v) is 6.67. The maximum absolute atomic E-state index is 13.6. The summed E-state index contributed by atoms with van der Waals surface area (Å²) >= 11 is 0. The van der Waals surface area contributed by atoms with Crippen LogP contribution in [-0.4, -0.2) is 59.5 Å². The fraction of sp³-hybridized carbons (Fsp3) is 0.360. The van der Waals surface area contributed by atoms with Gasteiger partial charge in [-0.15, -0.1) is 0 Å². The predicted octanol–water partition coefficient (Wildman–Crippen LogP) is 3.68. The van der Waals surface area contributed by atoms with Gasteiger partial charge < -0.3 is 20.3 Å². The molecule has 1 unspecified atom stereocenters. The van der Waals surface area contributed by atoms with Crippen LogP contribution in [0.4, 0.5) is 32.8 Å². The number of rotatable bonds is 6. The average Bonchev–Trinajstić information content (AvgIpc) is 3.34. The predicted molar refractivity (Wildman–Crippen MR) is 125 cm³/mol. The zero-order chi connectivity index (χ0) is 27.8. The van der Waals surface area contributed by atoms with Crippen molar-refractivity contribution in [1.29, 1.82) is 0 Å². The molecule has 9 nitrogen and oxygen atoms in total. The number of fused-ring (bicyclic) bond motifs is 2. The molecule has 0 aromatic heterocycles. The summed E-state index contributed by atoms with van der Waals surface area (Å²) in [5.41, 5.74) is -0.0256. The number of hydrogen-bond acceptors (Lipinski definition) is 5. The number of benzene rings is 2. The Morgan fingerprint density at radius 1 is 1.16 bits per heavy atom. The molecule has 0 bridgehead atoms. The average molecular weight is 536 g/mol. The van der Waals surface area contributed by atoms with Gasteiger partial charge in [-0.2, -0.15) is 13.2 Å². The van der Waals surface area contributed by atoms with Crippen LogP contribution in [0.15, 0.2) is 42.5 Å². The minimum Gasteiger partial charge on any atom is -0.427 e. The highest BCUT2D eigenvalue weighted by Crippen LogP contribution is 2.46. The van der Waals surface area contributed by atoms with Crippen molar-refractivity contribution in [2.75, 3.05) is 18.9 Å². The van der Waals surface area contributed by atoms with E-state index in [0.717, 1.165) is 19.1 Å². The summed E-state index contributed by atoms with van der Waals surface area (Å²) in [7, 11) is 1.44. The van der Waals surface area contributed by atoms with Crippen molar-refractivity contribution < 1.29 is 41.5 Å². The zero-order valence-electron chi connectivity index (χ0n) is 20.4. The molecule has 2 N–H and O–H groups in total. The largest absolute Gasteiger partial charge is 0.427 e. The summed E-state index contributed by atoms with van der Waals surface area (Å²) < 4.78 is 59.4. The summed E-state index contributed by atoms with van der Waals surface area (Å²) in [6.07, 6.45) is -5.55. The van der Waals surface area contributed by atoms with E-state index in [1.54, 1.807) is 6.07 Å². The Hall–Kier alpha value is -4.16. The summed E-state index contributed by atoms with van der Waals surface area (Å²) in [6, 6.07) is 6.55. The minimum atomic E-state index is -4.79. The Morgan fingerprint density at radius 2 is 1.84 bits per heavy atom. The molecule has 5 amide bonds. The molecule has 1 spiro atoms. The number of nitrogens with zero attached hydrogens (tertiary/aromatic N) is 2. The van der Waals surface area contributed by atoms with Crippen molar-refractivity contribution in [2.24, 2.45) is 0 Å². The van der Waals surface area contributed by atoms with Crippen LogP contribution < -0.4 is 10.6 Å². The van der Waals surface area contributed by atoms with Gasteiger partial charge in [0.05, 0.1) is 0 Å². The fourth-order valence-corrected chi connectivity index (χ4v) is 4.55. The van der Waals surface area contributed by atoms with Crippen molar-refractivity contribution in [1.82, 2.24) is 15.1 Å². The molecule has 13 heteroatoms. The highest BCUT2D eigenvalue weighted by atomic mass is 19.4. The summed E-state index contributed by atoms with van der Waals surface area (Å²) in [5.74, 6) is -2.59. The molecule has 1 heterocycles. The number of carbonyl (C=O) groups excluding carboxylic acids is 4. The monoisotopic (exact) mass is 536 g/mol. The highest BCUT2D eigenvalue weighted by Gasteiger charge is 2.58. The molecule has 0 radical (unpaired) electrons. The van der Waals surface area contributed by atoms with Gasteiger partial charge in [-0.25, -0.2) is 18.9 Å². The third-order valence-electron chi connectivity index (χ3n) is 6.67. The van der Waals surface area contributed by atoms with Crippen molar-refractivity contribution >= 4 is 29.6 Å². The van der Waals surface area contributed by atoms with Gasteiger partial charge in [0.1, 0.15) is 18.4 Å². The van der Waals surface area contributed by atoms with Gasteiger partial charge in [0.2, 0.25) is 11.5 Å². The maximum Gasteiger partial charge on any atom is 0.418 e. The number of amides is 5. The molecule has 0 saturated carbocycles. The first kappa shape index (κ1) is 26.9. The molecule has 1 fully saturated rings. The van der Waals surface area contributed by atoms with Crippen molar-refractivity contribution in [2.45, 2.75) is 44.1 Å². The molecule has 1 saturated heterocycles. The first-order chi connectivity index (χ1) is 17.9. The third kappa shape index (κ3) is 5.00. The lowest BCUT2D eigenvalue weighted by Crippen LogP contribution is -2.51. The van der Waals surface area contributed by atoms with Crippen LogP contribution in [0.5, 0.6) is 0 Å². The Labute approximate surface area is 214 Å². The molecule has 4 rings (SSSR count). The van der Waals surface area contributed by atoms with E-state index in [4.69, 9.17) is 4.74 Å². The van der Waals surface area contributed by atoms with Gasteiger partial charge in [-0.3, -0.25) is 9.59 Å². The summed E-state index contributed by atoms with van der Waals surface area (Å²) in [5, 5.41) is 5.00. The van der Waals surface area contributed by atoms with Crippen LogP contribution in [0.1, 0.15) is 30.0 Å². The number of aryl methyl sites for hydroxylation is 1. The molecule has 1 aliphatic heterocycles. The number of carbonyl (C=O) groups is 4. The number of hydrogen-bond donors (Lipinski definition) is 2. The van der Waals surface area contributed by atoms with Crippen LogP contribution in [0.25, 0.3) is 0 Å². The lowest BCUT2D eigenvalue weighted by molar-refractivity contribution is -0.187. The Morgan fingerprint density at radius 3 is 2.47 bits per heavy atom. The summed E-state index contributed by atoms with van der Waals surface area (Å²) in [6.45, 7) is -0.705. The minimum absolute atomic E-state index is 0.0687. The smallest absolute Gasteiger partial charge is 0.418 e. The fourth-order valence-electron chi connectivity index (χ4n) is 4.55. The maximum atomic E-state index is 13.6. The number of halogens is 4. The van der Waals surface area contributed by atoms with Crippen molar-refractivity contribution in [3.05, 3.63) is 65.0 Å². The van der Waals surface area contributed by atoms with Crippen LogP contribution in [-0.2, 0) is 32.9 Å². The second-order valence-corrected chi connectivity index (χ2v) is 9.03. The Balaban J connectivity index is 1.56. The molecule has 2 aromatic carbocycles. The lowest BCUT2D eigenvalue weighted by atomic mass is 9.94. The molecule has 2 aliphatic rings. The van der Waals surface area contributed by atoms with Crippen molar-refractivity contribution in [3.8, 4) is 0 Å². The van der Waals surface area contributed by atoms with Crippen LogP contribution >= 0.6 is 0 Å². The van der Waals surface area contributed by atoms with E-state index in [9.17, 15) is 36.7 Å². The van der Waals surface area contributed by atoms with E-state index in [1.807, 2.05) is 0 Å². The summed E-state index contributed by atoms with van der Waals surface area (Å²) in [4.78, 5) is 51.8. The second-order valence-electron chi connectivity index (χ2n) is 9.03.